The quantitative estimate of drug-likeness (QED) is 0.516. The van der Waals surface area contributed by atoms with E-state index >= 15 is 0 Å². The van der Waals surface area contributed by atoms with E-state index in [1.165, 1.54) is 7.11 Å². The van der Waals surface area contributed by atoms with Crippen molar-refractivity contribution in [2.75, 3.05) is 13.7 Å². The number of esters is 1. The average molecular weight is 437 g/mol. The van der Waals surface area contributed by atoms with Crippen LogP contribution in [-0.2, 0) is 35.2 Å². The summed E-state index contributed by atoms with van der Waals surface area (Å²) >= 11 is 0. The summed E-state index contributed by atoms with van der Waals surface area (Å²) in [6.45, 7) is 4.80. The van der Waals surface area contributed by atoms with Crippen molar-refractivity contribution >= 4 is 23.9 Å². The third-order valence-electron chi connectivity index (χ3n) is 4.04. The van der Waals surface area contributed by atoms with Gasteiger partial charge in [-0.25, -0.2) is 9.69 Å². The van der Waals surface area contributed by atoms with E-state index in [9.17, 15) is 19.2 Å². The van der Waals surface area contributed by atoms with Crippen molar-refractivity contribution < 1.29 is 33.4 Å². The fourth-order valence-electron chi connectivity index (χ4n) is 2.57. The Balaban J connectivity index is 2.98. The molecule has 0 spiro atoms. The summed E-state index contributed by atoms with van der Waals surface area (Å²) in [5.74, 6) is -2.52. The van der Waals surface area contributed by atoms with E-state index < -0.39 is 41.6 Å². The largest absolute Gasteiger partial charge is 0.469 e. The number of methoxy groups -OCH3 is 1. The van der Waals surface area contributed by atoms with Gasteiger partial charge in [0.15, 0.2) is 0 Å². The monoisotopic (exact) mass is 437 g/mol. The third kappa shape index (κ3) is 9.14. The molecule has 0 unspecified atom stereocenters. The first-order valence-electron chi connectivity index (χ1n) is 9.75. The Morgan fingerprint density at radius 1 is 1.10 bits per heavy atom. The van der Waals surface area contributed by atoms with E-state index in [0.29, 0.717) is 4.90 Å². The van der Waals surface area contributed by atoms with E-state index in [4.69, 9.17) is 20.9 Å². The third-order valence-corrected chi connectivity index (χ3v) is 4.04. The molecule has 0 aliphatic rings. The van der Waals surface area contributed by atoms with Gasteiger partial charge in [0.2, 0.25) is 5.91 Å². The highest BCUT2D eigenvalue weighted by molar-refractivity contribution is 6.00. The first-order chi connectivity index (χ1) is 14.5. The number of primary amides is 1. The molecule has 0 aliphatic heterocycles. The highest BCUT2D eigenvalue weighted by Gasteiger charge is 2.39. The molecular weight excluding hydrogens is 406 g/mol. The maximum atomic E-state index is 13.0. The number of rotatable bonds is 10. The Hall–Kier alpha value is -2.98. The molecule has 1 aromatic carbocycles. The fraction of sp³-hybridized carbons (Fsp3) is 0.524. The second-order valence-corrected chi connectivity index (χ2v) is 7.83. The molecule has 10 heteroatoms. The van der Waals surface area contributed by atoms with Crippen molar-refractivity contribution in [1.82, 2.24) is 4.90 Å². The van der Waals surface area contributed by atoms with Gasteiger partial charge in [-0.2, -0.15) is 0 Å². The van der Waals surface area contributed by atoms with Crippen molar-refractivity contribution in [3.63, 3.8) is 0 Å². The number of hydrogen-bond acceptors (Lipinski definition) is 8. The van der Waals surface area contributed by atoms with E-state index in [2.05, 4.69) is 4.74 Å². The zero-order chi connectivity index (χ0) is 23.6. The van der Waals surface area contributed by atoms with Gasteiger partial charge in [0, 0.05) is 6.42 Å². The molecule has 0 fully saturated rings. The van der Waals surface area contributed by atoms with Crippen LogP contribution < -0.4 is 11.5 Å². The number of nitrogens with two attached hydrogens (primary N) is 2. The summed E-state index contributed by atoms with van der Waals surface area (Å²) in [4.78, 5) is 49.8. The van der Waals surface area contributed by atoms with Crippen LogP contribution in [0.5, 0.6) is 0 Å². The number of ether oxygens (including phenoxy) is 3. The number of nitrogens with zero attached hydrogens (tertiary/aromatic N) is 1. The molecule has 3 amide bonds. The van der Waals surface area contributed by atoms with Crippen LogP contribution in [0, 0.1) is 0 Å². The number of carbonyl (C=O) groups is 4. The van der Waals surface area contributed by atoms with Crippen molar-refractivity contribution in [2.24, 2.45) is 11.5 Å². The predicted molar refractivity (Wildman–Crippen MR) is 111 cm³/mol. The molecule has 0 saturated heterocycles. The molecule has 1 rings (SSSR count). The topological polar surface area (TPSA) is 151 Å². The molecule has 0 heterocycles. The van der Waals surface area contributed by atoms with Crippen LogP contribution in [0.15, 0.2) is 30.3 Å². The molecule has 4 N–H and O–H groups in total. The lowest BCUT2D eigenvalue weighted by Crippen LogP contribution is -2.57. The maximum Gasteiger partial charge on any atom is 0.417 e. The van der Waals surface area contributed by atoms with Gasteiger partial charge in [-0.15, -0.1) is 0 Å². The molecule has 0 saturated carbocycles. The highest BCUT2D eigenvalue weighted by Crippen LogP contribution is 2.16. The first-order valence-corrected chi connectivity index (χ1v) is 9.75. The molecule has 0 radical (unpaired) electrons. The lowest BCUT2D eigenvalue weighted by Gasteiger charge is -2.32. The van der Waals surface area contributed by atoms with Gasteiger partial charge in [-0.1, -0.05) is 30.3 Å². The maximum absolute atomic E-state index is 13.0. The molecule has 2 atom stereocenters. The molecule has 172 valence electrons. The van der Waals surface area contributed by atoms with Gasteiger partial charge >= 0.3 is 12.1 Å². The van der Waals surface area contributed by atoms with Crippen LogP contribution in [0.1, 0.15) is 39.2 Å². The van der Waals surface area contributed by atoms with Crippen LogP contribution in [-0.4, -0.2) is 60.2 Å². The molecule has 10 nitrogen and oxygen atoms in total. The van der Waals surface area contributed by atoms with Gasteiger partial charge in [0.1, 0.15) is 17.7 Å². The highest BCUT2D eigenvalue weighted by atomic mass is 16.6. The summed E-state index contributed by atoms with van der Waals surface area (Å²) < 4.78 is 15.3. The molecule has 0 aliphatic carbocycles. The Labute approximate surface area is 181 Å². The number of benzene rings is 1. The summed E-state index contributed by atoms with van der Waals surface area (Å²) in [5, 5.41) is 0. The zero-order valence-electron chi connectivity index (χ0n) is 18.3. The van der Waals surface area contributed by atoms with E-state index in [-0.39, 0.29) is 26.1 Å². The molecular formula is C21H31N3O7. The predicted octanol–water partition coefficient (Wildman–Crippen LogP) is 1.10. The lowest BCUT2D eigenvalue weighted by molar-refractivity contribution is -0.144. The van der Waals surface area contributed by atoms with Gasteiger partial charge in [-0.05, 0) is 32.8 Å². The van der Waals surface area contributed by atoms with Gasteiger partial charge in [0.25, 0.3) is 5.91 Å². The summed E-state index contributed by atoms with van der Waals surface area (Å²) in [6, 6.07) is 6.51. The summed E-state index contributed by atoms with van der Waals surface area (Å²) in [6.07, 6.45) is -1.56. The van der Waals surface area contributed by atoms with Crippen LogP contribution >= 0.6 is 0 Å². The van der Waals surface area contributed by atoms with Crippen LogP contribution in [0.4, 0.5) is 4.79 Å². The van der Waals surface area contributed by atoms with Crippen molar-refractivity contribution in [3.05, 3.63) is 35.9 Å². The van der Waals surface area contributed by atoms with Crippen LogP contribution in [0.3, 0.4) is 0 Å². The molecule has 0 aromatic heterocycles. The van der Waals surface area contributed by atoms with E-state index in [0.717, 1.165) is 5.56 Å². The summed E-state index contributed by atoms with van der Waals surface area (Å²) in [7, 11) is 1.18. The normalized spacial score (nSPS) is 13.1. The van der Waals surface area contributed by atoms with Crippen molar-refractivity contribution in [1.29, 1.82) is 0 Å². The Morgan fingerprint density at radius 3 is 2.23 bits per heavy atom. The van der Waals surface area contributed by atoms with Crippen molar-refractivity contribution in [3.8, 4) is 0 Å². The van der Waals surface area contributed by atoms with E-state index in [1.807, 2.05) is 30.3 Å². The minimum absolute atomic E-state index is 0.204. The number of imide groups is 1. The summed E-state index contributed by atoms with van der Waals surface area (Å²) in [5.41, 5.74) is 11.3. The second kappa shape index (κ2) is 12.0. The minimum Gasteiger partial charge on any atom is -0.469 e. The minimum atomic E-state index is -1.44. The van der Waals surface area contributed by atoms with Crippen molar-refractivity contribution in [2.45, 2.75) is 57.9 Å². The Kier molecular flexibility index (Phi) is 10.1. The molecule has 31 heavy (non-hydrogen) atoms. The lowest BCUT2D eigenvalue weighted by atomic mass is 10.1. The van der Waals surface area contributed by atoms with Gasteiger partial charge in [-0.3, -0.25) is 14.4 Å². The number of hydrogen-bond donors (Lipinski definition) is 2. The number of amides is 3. The Morgan fingerprint density at radius 2 is 1.71 bits per heavy atom. The van der Waals surface area contributed by atoms with E-state index in [1.54, 1.807) is 20.8 Å². The average Bonchev–Trinajstić information content (AvgIpc) is 2.69. The van der Waals surface area contributed by atoms with Gasteiger partial charge < -0.3 is 25.7 Å². The molecule has 0 bridgehead atoms. The van der Waals surface area contributed by atoms with Crippen LogP contribution in [0.2, 0.25) is 0 Å². The first kappa shape index (κ1) is 26.1. The second-order valence-electron chi connectivity index (χ2n) is 7.83. The SMILES string of the molecule is COC(=O)CC[C@H](C(N)=O)N(C(=O)OC(C)(C)C)C(=O)[C@@H](N)COCc1ccccc1. The Bertz CT molecular complexity index is 762. The standard InChI is InChI=1S/C21H31N3O7/c1-21(2,3)31-20(28)24(16(18(23)26)10-11-17(25)29-4)19(27)15(22)13-30-12-14-8-6-5-7-9-14/h5-9,15-16H,10-13,22H2,1-4H3,(H2,23,26)/t15-,16+/m0/s1. The van der Waals surface area contributed by atoms with Crippen LogP contribution in [0.25, 0.3) is 0 Å². The molecule has 1 aromatic rings. The number of carbonyl (C=O) groups excluding carboxylic acids is 4. The fourth-order valence-corrected chi connectivity index (χ4v) is 2.57. The van der Waals surface area contributed by atoms with Gasteiger partial charge in [0.05, 0.1) is 20.3 Å². The smallest absolute Gasteiger partial charge is 0.417 e. The zero-order valence-corrected chi connectivity index (χ0v) is 18.3.